The molecule has 1 aromatic carbocycles. The summed E-state index contributed by atoms with van der Waals surface area (Å²) in [6.07, 6.45) is 2.73. The molecule has 0 amide bonds. The molecule has 3 aromatic rings. The Morgan fingerprint density at radius 3 is 2.85 bits per heavy atom. The number of halogens is 3. The second-order valence-electron chi connectivity index (χ2n) is 5.51. The van der Waals surface area contributed by atoms with Crippen molar-refractivity contribution in [1.29, 1.82) is 0 Å². The molecule has 138 valence electrons. The highest BCUT2D eigenvalue weighted by molar-refractivity contribution is 8.01. The van der Waals surface area contributed by atoms with Gasteiger partial charge in [0.25, 0.3) is 0 Å². The summed E-state index contributed by atoms with van der Waals surface area (Å²) in [5.74, 6) is -0.884. The SMILES string of the molecule is CC(Sc1nc(CCl)ns1)C(O)(Cn1cncn1)c1ccc(F)cc1F. The molecule has 0 aliphatic carbocycles. The van der Waals surface area contributed by atoms with Gasteiger partial charge in [0.15, 0.2) is 10.2 Å². The van der Waals surface area contributed by atoms with Crippen LogP contribution in [0.5, 0.6) is 0 Å². The molecule has 0 aliphatic rings. The van der Waals surface area contributed by atoms with Gasteiger partial charge in [0.1, 0.15) is 29.9 Å². The highest BCUT2D eigenvalue weighted by atomic mass is 35.5. The molecular formula is C15H14ClF2N5OS2. The lowest BCUT2D eigenvalue weighted by atomic mass is 9.90. The van der Waals surface area contributed by atoms with Crippen LogP contribution in [0.3, 0.4) is 0 Å². The van der Waals surface area contributed by atoms with E-state index in [0.717, 1.165) is 23.7 Å². The Morgan fingerprint density at radius 2 is 2.23 bits per heavy atom. The summed E-state index contributed by atoms with van der Waals surface area (Å²) in [6, 6.07) is 3.09. The van der Waals surface area contributed by atoms with E-state index in [0.29, 0.717) is 10.2 Å². The van der Waals surface area contributed by atoms with Crippen LogP contribution in [0.1, 0.15) is 18.3 Å². The van der Waals surface area contributed by atoms with Gasteiger partial charge >= 0.3 is 0 Å². The Balaban J connectivity index is 1.95. The fourth-order valence-corrected chi connectivity index (χ4v) is 4.62. The lowest BCUT2D eigenvalue weighted by molar-refractivity contribution is 0.0133. The fourth-order valence-electron chi connectivity index (χ4n) is 2.42. The maximum absolute atomic E-state index is 14.4. The molecule has 6 nitrogen and oxygen atoms in total. The van der Waals surface area contributed by atoms with Crippen LogP contribution >= 0.6 is 34.9 Å². The molecule has 2 heterocycles. The van der Waals surface area contributed by atoms with Crippen molar-refractivity contribution in [3.63, 3.8) is 0 Å². The molecule has 3 rings (SSSR count). The molecule has 0 radical (unpaired) electrons. The molecule has 11 heteroatoms. The normalized spacial score (nSPS) is 15.0. The second kappa shape index (κ2) is 7.95. The minimum atomic E-state index is -1.69. The maximum Gasteiger partial charge on any atom is 0.170 e. The van der Waals surface area contributed by atoms with Crippen molar-refractivity contribution < 1.29 is 13.9 Å². The smallest absolute Gasteiger partial charge is 0.170 e. The molecule has 0 saturated heterocycles. The topological polar surface area (TPSA) is 76.7 Å². The van der Waals surface area contributed by atoms with Crippen LogP contribution in [-0.2, 0) is 18.0 Å². The van der Waals surface area contributed by atoms with Gasteiger partial charge in [-0.15, -0.1) is 11.6 Å². The van der Waals surface area contributed by atoms with E-state index in [2.05, 4.69) is 19.4 Å². The van der Waals surface area contributed by atoms with Crippen LogP contribution < -0.4 is 0 Å². The van der Waals surface area contributed by atoms with Crippen molar-refractivity contribution in [2.45, 2.75) is 34.5 Å². The Morgan fingerprint density at radius 1 is 1.42 bits per heavy atom. The van der Waals surface area contributed by atoms with Crippen molar-refractivity contribution >= 4 is 34.9 Å². The highest BCUT2D eigenvalue weighted by Crippen LogP contribution is 2.39. The lowest BCUT2D eigenvalue weighted by Crippen LogP contribution is -2.41. The van der Waals surface area contributed by atoms with Crippen LogP contribution in [0.15, 0.2) is 35.2 Å². The van der Waals surface area contributed by atoms with Crippen molar-refractivity contribution in [1.82, 2.24) is 24.1 Å². The van der Waals surface area contributed by atoms with Gasteiger partial charge in [-0.2, -0.15) is 9.47 Å². The minimum Gasteiger partial charge on any atom is -0.382 e. The van der Waals surface area contributed by atoms with Gasteiger partial charge in [-0.05, 0) is 24.5 Å². The Kier molecular flexibility index (Phi) is 5.86. The first-order chi connectivity index (χ1) is 12.4. The van der Waals surface area contributed by atoms with Crippen molar-refractivity contribution in [3.8, 4) is 0 Å². The first kappa shape index (κ1) is 19.2. The van der Waals surface area contributed by atoms with Gasteiger partial charge in [-0.25, -0.2) is 23.4 Å². The number of aliphatic hydroxyl groups is 1. The molecule has 1 N–H and O–H groups in total. The zero-order valence-corrected chi connectivity index (χ0v) is 15.9. The monoisotopic (exact) mass is 417 g/mol. The van der Waals surface area contributed by atoms with Crippen molar-refractivity contribution in [3.05, 3.63) is 53.9 Å². The quantitative estimate of drug-likeness (QED) is 0.470. The number of alkyl halides is 1. The molecule has 2 unspecified atom stereocenters. The van der Waals surface area contributed by atoms with E-state index >= 15 is 0 Å². The number of thioether (sulfide) groups is 1. The van der Waals surface area contributed by atoms with E-state index in [1.54, 1.807) is 6.92 Å². The molecule has 0 bridgehead atoms. The standard InChI is InChI=1S/C15H14ClF2N5OS2/c1-9(25-14-21-13(5-16)22-26-14)15(24,6-23-8-19-7-20-23)11-3-2-10(17)4-12(11)18/h2-4,7-9,24H,5-6H2,1H3. The summed E-state index contributed by atoms with van der Waals surface area (Å²) in [4.78, 5) is 8.09. The minimum absolute atomic E-state index is 0.0310. The molecule has 26 heavy (non-hydrogen) atoms. The van der Waals surface area contributed by atoms with Crippen molar-refractivity contribution in [2.24, 2.45) is 0 Å². The summed E-state index contributed by atoms with van der Waals surface area (Å²) in [5, 5.41) is 14.8. The largest absolute Gasteiger partial charge is 0.382 e. The zero-order chi connectivity index (χ0) is 18.7. The second-order valence-corrected chi connectivity index (χ2v) is 8.12. The molecule has 0 saturated carbocycles. The van der Waals surface area contributed by atoms with Gasteiger partial charge in [0.05, 0.1) is 12.4 Å². The van der Waals surface area contributed by atoms with E-state index in [1.807, 2.05) is 0 Å². The number of rotatable bonds is 7. The van der Waals surface area contributed by atoms with Gasteiger partial charge < -0.3 is 5.11 Å². The summed E-state index contributed by atoms with van der Waals surface area (Å²) >= 11 is 8.09. The first-order valence-electron chi connectivity index (χ1n) is 7.48. The maximum atomic E-state index is 14.4. The Hall–Kier alpha value is -1.62. The van der Waals surface area contributed by atoms with Gasteiger partial charge in [-0.1, -0.05) is 17.8 Å². The van der Waals surface area contributed by atoms with Crippen LogP contribution in [-0.4, -0.2) is 34.5 Å². The van der Waals surface area contributed by atoms with E-state index < -0.39 is 22.5 Å². The Bertz CT molecular complexity index is 879. The molecule has 0 aliphatic heterocycles. The van der Waals surface area contributed by atoms with Crippen LogP contribution in [0.25, 0.3) is 0 Å². The van der Waals surface area contributed by atoms with E-state index in [9.17, 15) is 13.9 Å². The third-order valence-electron chi connectivity index (χ3n) is 3.79. The van der Waals surface area contributed by atoms with Crippen molar-refractivity contribution in [2.75, 3.05) is 0 Å². The van der Waals surface area contributed by atoms with Gasteiger partial charge in [0.2, 0.25) is 0 Å². The average molecular weight is 418 g/mol. The number of hydrogen-bond donors (Lipinski definition) is 1. The highest BCUT2D eigenvalue weighted by Gasteiger charge is 2.40. The molecule has 2 atom stereocenters. The van der Waals surface area contributed by atoms with E-state index in [1.165, 1.54) is 35.2 Å². The molecule has 2 aromatic heterocycles. The predicted molar refractivity (Wildman–Crippen MR) is 95.1 cm³/mol. The molecule has 0 fully saturated rings. The number of nitrogens with zero attached hydrogens (tertiary/aromatic N) is 5. The summed E-state index contributed by atoms with van der Waals surface area (Å²) in [5.41, 5.74) is -1.72. The number of benzene rings is 1. The third-order valence-corrected chi connectivity index (χ3v) is 6.12. The average Bonchev–Trinajstić information content (AvgIpc) is 3.26. The van der Waals surface area contributed by atoms with Crippen LogP contribution in [0.2, 0.25) is 0 Å². The molecule has 0 spiro atoms. The third kappa shape index (κ3) is 4.03. The zero-order valence-electron chi connectivity index (χ0n) is 13.5. The predicted octanol–water partition coefficient (Wildman–Crippen LogP) is 3.22. The number of hydrogen-bond acceptors (Lipinski definition) is 7. The summed E-state index contributed by atoms with van der Waals surface area (Å²) < 4.78 is 33.8. The van der Waals surface area contributed by atoms with Crippen LogP contribution in [0.4, 0.5) is 8.78 Å². The van der Waals surface area contributed by atoms with E-state index in [4.69, 9.17) is 11.6 Å². The summed E-state index contributed by atoms with van der Waals surface area (Å²) in [7, 11) is 0. The van der Waals surface area contributed by atoms with Crippen LogP contribution in [0, 0.1) is 11.6 Å². The van der Waals surface area contributed by atoms with Gasteiger partial charge in [-0.3, -0.25) is 0 Å². The summed E-state index contributed by atoms with van der Waals surface area (Å²) in [6.45, 7) is 1.66. The first-order valence-corrected chi connectivity index (χ1v) is 9.66. The van der Waals surface area contributed by atoms with Gasteiger partial charge in [0, 0.05) is 16.9 Å². The lowest BCUT2D eigenvalue weighted by Gasteiger charge is -2.33. The molecular weight excluding hydrogens is 404 g/mol. The number of aromatic nitrogens is 5. The van der Waals surface area contributed by atoms with E-state index in [-0.39, 0.29) is 18.0 Å². The Labute approximate surface area is 161 Å². The fraction of sp³-hybridized carbons (Fsp3) is 0.333.